The van der Waals surface area contributed by atoms with Gasteiger partial charge in [0.1, 0.15) is 0 Å². The van der Waals surface area contributed by atoms with Gasteiger partial charge >= 0.3 is 0 Å². The maximum absolute atomic E-state index is 12.5. The van der Waals surface area contributed by atoms with Gasteiger partial charge in [0.15, 0.2) is 0 Å². The van der Waals surface area contributed by atoms with Gasteiger partial charge in [-0.25, -0.2) is 0 Å². The van der Waals surface area contributed by atoms with Gasteiger partial charge in [0, 0.05) is 64.6 Å². The fraction of sp³-hybridized carbons (Fsp3) is 0.684. The van der Waals surface area contributed by atoms with Crippen molar-refractivity contribution < 1.29 is 9.53 Å². The summed E-state index contributed by atoms with van der Waals surface area (Å²) < 4.78 is 5.40. The van der Waals surface area contributed by atoms with Crippen LogP contribution in [0.1, 0.15) is 18.4 Å². The smallest absolute Gasteiger partial charge is 0.222 e. The van der Waals surface area contributed by atoms with Crippen LogP contribution < -0.4 is 0 Å². The lowest BCUT2D eigenvalue weighted by Gasteiger charge is -2.29. The molecule has 2 saturated heterocycles. The van der Waals surface area contributed by atoms with Crippen molar-refractivity contribution in [3.05, 3.63) is 30.1 Å². The van der Waals surface area contributed by atoms with Crippen molar-refractivity contribution >= 4 is 5.91 Å². The first kappa shape index (κ1) is 18.3. The number of carbonyl (C=O) groups is 1. The molecule has 0 atom stereocenters. The molecule has 6 nitrogen and oxygen atoms in total. The van der Waals surface area contributed by atoms with Crippen LogP contribution in [0.4, 0.5) is 0 Å². The van der Waals surface area contributed by atoms with Crippen molar-refractivity contribution in [2.45, 2.75) is 19.3 Å². The predicted molar refractivity (Wildman–Crippen MR) is 97.5 cm³/mol. The fourth-order valence-electron chi connectivity index (χ4n) is 3.51. The standard InChI is InChI=1S/C19H30N4O2/c24-19(5-4-18-3-1-6-20-17-18)23-8-2-7-21(11-12-23)9-10-22-13-15-25-16-14-22/h1,3,6,17H,2,4-5,7-16H2. The fourth-order valence-corrected chi connectivity index (χ4v) is 3.51. The highest BCUT2D eigenvalue weighted by Crippen LogP contribution is 2.08. The Bertz CT molecular complexity index is 519. The predicted octanol–water partition coefficient (Wildman–Crippen LogP) is 0.881. The summed E-state index contributed by atoms with van der Waals surface area (Å²) in [5.41, 5.74) is 1.14. The number of rotatable bonds is 6. The largest absolute Gasteiger partial charge is 0.379 e. The lowest BCUT2D eigenvalue weighted by molar-refractivity contribution is -0.131. The van der Waals surface area contributed by atoms with Crippen LogP contribution in [0.2, 0.25) is 0 Å². The molecule has 2 aliphatic rings. The second-order valence-electron chi connectivity index (χ2n) is 6.89. The summed E-state index contributed by atoms with van der Waals surface area (Å²) in [7, 11) is 0. The molecule has 0 radical (unpaired) electrons. The van der Waals surface area contributed by atoms with Gasteiger partial charge in [0.2, 0.25) is 5.91 Å². The molecule has 0 aliphatic carbocycles. The number of ether oxygens (including phenoxy) is 1. The number of aromatic nitrogens is 1. The second kappa shape index (κ2) is 9.85. The number of amides is 1. The molecule has 25 heavy (non-hydrogen) atoms. The molecule has 2 aliphatic heterocycles. The maximum atomic E-state index is 12.5. The van der Waals surface area contributed by atoms with Crippen LogP contribution >= 0.6 is 0 Å². The summed E-state index contributed by atoms with van der Waals surface area (Å²) in [5.74, 6) is 0.277. The molecule has 1 aromatic rings. The van der Waals surface area contributed by atoms with Crippen molar-refractivity contribution in [3.63, 3.8) is 0 Å². The summed E-state index contributed by atoms with van der Waals surface area (Å²) in [5, 5.41) is 0. The van der Waals surface area contributed by atoms with Crippen LogP contribution in [0.3, 0.4) is 0 Å². The van der Waals surface area contributed by atoms with Crippen LogP contribution in [0.15, 0.2) is 24.5 Å². The number of nitrogens with zero attached hydrogens (tertiary/aromatic N) is 4. The Morgan fingerprint density at radius 2 is 1.84 bits per heavy atom. The molecule has 1 amide bonds. The Morgan fingerprint density at radius 1 is 1.04 bits per heavy atom. The van der Waals surface area contributed by atoms with Gasteiger partial charge in [0.25, 0.3) is 0 Å². The van der Waals surface area contributed by atoms with E-state index in [1.165, 1.54) is 0 Å². The minimum Gasteiger partial charge on any atom is -0.379 e. The van der Waals surface area contributed by atoms with E-state index < -0.39 is 0 Å². The molecule has 3 rings (SSSR count). The van der Waals surface area contributed by atoms with Crippen molar-refractivity contribution in [1.82, 2.24) is 19.7 Å². The van der Waals surface area contributed by atoms with Crippen LogP contribution in [0, 0.1) is 0 Å². The van der Waals surface area contributed by atoms with Gasteiger partial charge in [0.05, 0.1) is 13.2 Å². The van der Waals surface area contributed by atoms with E-state index in [1.807, 2.05) is 23.2 Å². The summed E-state index contributed by atoms with van der Waals surface area (Å²) in [6.07, 6.45) is 6.06. The highest BCUT2D eigenvalue weighted by atomic mass is 16.5. The first-order valence-electron chi connectivity index (χ1n) is 9.50. The highest BCUT2D eigenvalue weighted by molar-refractivity contribution is 5.76. The van der Waals surface area contributed by atoms with Crippen molar-refractivity contribution in [2.24, 2.45) is 0 Å². The third-order valence-electron chi connectivity index (χ3n) is 5.13. The Balaban J connectivity index is 1.37. The molecule has 3 heterocycles. The van der Waals surface area contributed by atoms with Gasteiger partial charge < -0.3 is 14.5 Å². The third kappa shape index (κ3) is 6.06. The molecule has 0 bridgehead atoms. The van der Waals surface area contributed by atoms with Gasteiger partial charge in [-0.2, -0.15) is 0 Å². The Labute approximate surface area is 150 Å². The molecule has 0 unspecified atom stereocenters. The van der Waals surface area contributed by atoms with E-state index in [9.17, 15) is 4.79 Å². The summed E-state index contributed by atoms with van der Waals surface area (Å²) >= 11 is 0. The molecule has 0 spiro atoms. The normalized spacial score (nSPS) is 20.4. The Hall–Kier alpha value is -1.50. The van der Waals surface area contributed by atoms with Gasteiger partial charge in [-0.15, -0.1) is 0 Å². The summed E-state index contributed by atoms with van der Waals surface area (Å²) in [4.78, 5) is 23.6. The molecule has 138 valence electrons. The average Bonchev–Trinajstić information content (AvgIpc) is 2.92. The van der Waals surface area contributed by atoms with Gasteiger partial charge in [-0.1, -0.05) is 6.07 Å². The van der Waals surface area contributed by atoms with Crippen molar-refractivity contribution in [3.8, 4) is 0 Å². The first-order valence-corrected chi connectivity index (χ1v) is 9.50. The minimum atomic E-state index is 0.277. The zero-order valence-corrected chi connectivity index (χ0v) is 15.1. The maximum Gasteiger partial charge on any atom is 0.222 e. The number of hydrogen-bond donors (Lipinski definition) is 0. The van der Waals surface area contributed by atoms with Crippen LogP contribution in [-0.4, -0.2) is 91.2 Å². The SMILES string of the molecule is O=C(CCc1cccnc1)N1CCCN(CCN2CCOCC2)CC1. The molecule has 1 aromatic heterocycles. The summed E-state index contributed by atoms with van der Waals surface area (Å²) in [6, 6.07) is 3.97. The van der Waals surface area contributed by atoms with Crippen LogP contribution in [-0.2, 0) is 16.0 Å². The number of pyridine rings is 1. The van der Waals surface area contributed by atoms with E-state index in [2.05, 4.69) is 14.8 Å². The number of hydrogen-bond acceptors (Lipinski definition) is 5. The van der Waals surface area contributed by atoms with Gasteiger partial charge in [-0.05, 0) is 31.0 Å². The molecule has 0 aromatic carbocycles. The third-order valence-corrected chi connectivity index (χ3v) is 5.13. The molecular formula is C19H30N4O2. The topological polar surface area (TPSA) is 48.9 Å². The van der Waals surface area contributed by atoms with Crippen LogP contribution in [0.5, 0.6) is 0 Å². The first-order chi connectivity index (χ1) is 12.3. The quantitative estimate of drug-likeness (QED) is 0.765. The Morgan fingerprint density at radius 3 is 2.60 bits per heavy atom. The molecule has 0 N–H and O–H groups in total. The van der Waals surface area contributed by atoms with E-state index >= 15 is 0 Å². The van der Waals surface area contributed by atoms with Crippen molar-refractivity contribution in [2.75, 3.05) is 65.6 Å². The van der Waals surface area contributed by atoms with E-state index in [0.717, 1.165) is 84.0 Å². The monoisotopic (exact) mass is 346 g/mol. The highest BCUT2D eigenvalue weighted by Gasteiger charge is 2.19. The van der Waals surface area contributed by atoms with E-state index in [-0.39, 0.29) is 5.91 Å². The number of carbonyl (C=O) groups excluding carboxylic acids is 1. The lowest BCUT2D eigenvalue weighted by atomic mass is 10.1. The minimum absolute atomic E-state index is 0.277. The molecule has 0 saturated carbocycles. The van der Waals surface area contributed by atoms with Gasteiger partial charge in [-0.3, -0.25) is 14.7 Å². The second-order valence-corrected chi connectivity index (χ2v) is 6.89. The van der Waals surface area contributed by atoms with Crippen molar-refractivity contribution in [1.29, 1.82) is 0 Å². The number of morpholine rings is 1. The van der Waals surface area contributed by atoms with E-state index in [1.54, 1.807) is 6.20 Å². The lowest BCUT2D eigenvalue weighted by Crippen LogP contribution is -2.42. The zero-order chi connectivity index (χ0) is 17.3. The zero-order valence-electron chi connectivity index (χ0n) is 15.1. The number of aryl methyl sites for hydroxylation is 1. The van der Waals surface area contributed by atoms with E-state index in [0.29, 0.717) is 6.42 Å². The van der Waals surface area contributed by atoms with E-state index in [4.69, 9.17) is 4.74 Å². The Kier molecular flexibility index (Phi) is 7.21. The molecule has 2 fully saturated rings. The molecular weight excluding hydrogens is 316 g/mol. The molecule has 6 heteroatoms. The summed E-state index contributed by atoms with van der Waals surface area (Å²) in [6.45, 7) is 9.85. The van der Waals surface area contributed by atoms with Crippen LogP contribution in [0.25, 0.3) is 0 Å². The average molecular weight is 346 g/mol.